The Morgan fingerprint density at radius 3 is 2.36 bits per heavy atom. The number of halogens is 3. The van der Waals surface area contributed by atoms with Crippen molar-refractivity contribution in [2.45, 2.75) is 31.6 Å². The summed E-state index contributed by atoms with van der Waals surface area (Å²) in [6.45, 7) is 0. The van der Waals surface area contributed by atoms with Crippen LogP contribution in [0.15, 0.2) is 0 Å². The molecule has 0 aliphatic heterocycles. The third-order valence-electron chi connectivity index (χ3n) is 3.36. The van der Waals surface area contributed by atoms with Gasteiger partial charge in [0, 0.05) is 22.5 Å². The Bertz CT molecular complexity index is 354. The zero-order chi connectivity index (χ0) is 10.6. The largest absolute Gasteiger partial charge is 0.254 e. The second-order valence-electron chi connectivity index (χ2n) is 4.48. The molecular weight excluding hydrogens is 234 g/mol. The molecule has 2 unspecified atom stereocenters. The van der Waals surface area contributed by atoms with E-state index in [4.69, 9.17) is 10.7 Å². The van der Waals surface area contributed by atoms with Crippen LogP contribution in [0.5, 0.6) is 0 Å². The molecule has 0 radical (unpaired) electrons. The van der Waals surface area contributed by atoms with Crippen LogP contribution in [0, 0.1) is 11.3 Å². The van der Waals surface area contributed by atoms with Gasteiger partial charge in [-0.1, -0.05) is 0 Å². The average Bonchev–Trinajstić information content (AvgIpc) is 2.36. The van der Waals surface area contributed by atoms with Gasteiger partial charge in [-0.25, -0.2) is 17.2 Å². The second kappa shape index (κ2) is 2.82. The van der Waals surface area contributed by atoms with Gasteiger partial charge in [-0.2, -0.15) is 0 Å². The number of rotatable bonds is 2. The first-order chi connectivity index (χ1) is 6.24. The Hall–Kier alpha value is 0.1000. The van der Waals surface area contributed by atoms with Crippen molar-refractivity contribution in [3.05, 3.63) is 0 Å². The van der Waals surface area contributed by atoms with E-state index in [9.17, 15) is 17.2 Å². The number of alkyl halides is 2. The molecule has 2 fully saturated rings. The van der Waals surface area contributed by atoms with Gasteiger partial charge in [0.05, 0.1) is 5.75 Å². The molecule has 0 saturated heterocycles. The molecular formula is C8H11ClF2O2S. The zero-order valence-corrected chi connectivity index (χ0v) is 9.04. The standard InChI is InChI=1S/C8H11ClF2O2S/c9-14(12,13)4-6-1-2-7(3-6)5-8(7,10)11/h6H,1-5H2. The van der Waals surface area contributed by atoms with Gasteiger partial charge in [0.2, 0.25) is 9.05 Å². The lowest BCUT2D eigenvalue weighted by Crippen LogP contribution is -2.11. The van der Waals surface area contributed by atoms with E-state index < -0.39 is 20.4 Å². The van der Waals surface area contributed by atoms with E-state index in [0.29, 0.717) is 19.3 Å². The van der Waals surface area contributed by atoms with Crippen LogP contribution in [0.3, 0.4) is 0 Å². The monoisotopic (exact) mass is 244 g/mol. The molecule has 0 aromatic rings. The van der Waals surface area contributed by atoms with Gasteiger partial charge in [-0.05, 0) is 25.2 Å². The normalized spacial score (nSPS) is 40.4. The number of hydrogen-bond donors (Lipinski definition) is 0. The summed E-state index contributed by atoms with van der Waals surface area (Å²) in [4.78, 5) is 0. The Labute approximate surface area is 86.0 Å². The fourth-order valence-electron chi connectivity index (χ4n) is 2.53. The van der Waals surface area contributed by atoms with Crippen LogP contribution in [0.2, 0.25) is 0 Å². The average molecular weight is 245 g/mol. The summed E-state index contributed by atoms with van der Waals surface area (Å²) in [6.07, 6.45) is 1.24. The van der Waals surface area contributed by atoms with Crippen LogP contribution < -0.4 is 0 Å². The minimum Gasteiger partial charge on any atom is -0.212 e. The highest BCUT2D eigenvalue weighted by Crippen LogP contribution is 2.69. The maximum atomic E-state index is 12.9. The lowest BCUT2D eigenvalue weighted by atomic mass is 10.0. The molecule has 82 valence electrons. The molecule has 0 aromatic carbocycles. The van der Waals surface area contributed by atoms with Crippen molar-refractivity contribution in [3.63, 3.8) is 0 Å². The summed E-state index contributed by atoms with van der Waals surface area (Å²) in [6, 6.07) is 0. The Morgan fingerprint density at radius 2 is 2.00 bits per heavy atom. The lowest BCUT2D eigenvalue weighted by molar-refractivity contribution is 0.0648. The first-order valence-electron chi connectivity index (χ1n) is 4.54. The third kappa shape index (κ3) is 1.76. The summed E-state index contributed by atoms with van der Waals surface area (Å²) in [5.41, 5.74) is -0.876. The molecule has 14 heavy (non-hydrogen) atoms. The van der Waals surface area contributed by atoms with Crippen LogP contribution in [-0.2, 0) is 9.05 Å². The van der Waals surface area contributed by atoms with E-state index >= 15 is 0 Å². The lowest BCUT2D eigenvalue weighted by Gasteiger charge is -2.08. The molecule has 2 aliphatic rings. The molecule has 2 saturated carbocycles. The predicted octanol–water partition coefficient (Wildman–Crippen LogP) is 2.38. The highest BCUT2D eigenvalue weighted by atomic mass is 35.7. The Balaban J connectivity index is 1.97. The van der Waals surface area contributed by atoms with Gasteiger partial charge >= 0.3 is 0 Å². The van der Waals surface area contributed by atoms with Crippen molar-refractivity contribution >= 4 is 19.7 Å². The molecule has 2 rings (SSSR count). The fourth-order valence-corrected chi connectivity index (χ4v) is 3.92. The highest BCUT2D eigenvalue weighted by molar-refractivity contribution is 8.13. The third-order valence-corrected chi connectivity index (χ3v) is 4.60. The molecule has 0 bridgehead atoms. The van der Waals surface area contributed by atoms with Gasteiger partial charge in [0.15, 0.2) is 0 Å². The molecule has 2 aliphatic carbocycles. The van der Waals surface area contributed by atoms with Crippen molar-refractivity contribution in [1.82, 2.24) is 0 Å². The molecule has 2 nitrogen and oxygen atoms in total. The van der Waals surface area contributed by atoms with Crippen molar-refractivity contribution < 1.29 is 17.2 Å². The van der Waals surface area contributed by atoms with Crippen LogP contribution in [0.25, 0.3) is 0 Å². The van der Waals surface area contributed by atoms with Gasteiger partial charge in [0.25, 0.3) is 5.92 Å². The second-order valence-corrected chi connectivity index (χ2v) is 7.30. The van der Waals surface area contributed by atoms with E-state index in [1.807, 2.05) is 0 Å². The quantitative estimate of drug-likeness (QED) is 0.699. The molecule has 0 aromatic heterocycles. The van der Waals surface area contributed by atoms with Crippen molar-refractivity contribution in [2.24, 2.45) is 11.3 Å². The maximum absolute atomic E-state index is 12.9. The maximum Gasteiger partial charge on any atom is 0.254 e. The van der Waals surface area contributed by atoms with E-state index in [1.165, 1.54) is 0 Å². The van der Waals surface area contributed by atoms with E-state index in [2.05, 4.69) is 0 Å². The summed E-state index contributed by atoms with van der Waals surface area (Å²) in [5.74, 6) is -2.89. The highest BCUT2D eigenvalue weighted by Gasteiger charge is 2.72. The fraction of sp³-hybridized carbons (Fsp3) is 1.00. The molecule has 2 atom stereocenters. The van der Waals surface area contributed by atoms with Gasteiger partial charge in [-0.15, -0.1) is 0 Å². The Kier molecular flexibility index (Phi) is 2.13. The topological polar surface area (TPSA) is 34.1 Å². The van der Waals surface area contributed by atoms with Gasteiger partial charge in [0.1, 0.15) is 0 Å². The van der Waals surface area contributed by atoms with Crippen LogP contribution in [0.1, 0.15) is 25.7 Å². The van der Waals surface area contributed by atoms with Crippen molar-refractivity contribution in [2.75, 3.05) is 5.75 Å². The van der Waals surface area contributed by atoms with Crippen LogP contribution in [-0.4, -0.2) is 20.1 Å². The summed E-state index contributed by atoms with van der Waals surface area (Å²) >= 11 is 0. The van der Waals surface area contributed by atoms with Crippen LogP contribution in [0.4, 0.5) is 8.78 Å². The van der Waals surface area contributed by atoms with E-state index in [1.54, 1.807) is 0 Å². The molecule has 1 spiro atoms. The SMILES string of the molecule is O=S(=O)(Cl)CC1CCC2(C1)CC2(F)F. The van der Waals surface area contributed by atoms with Gasteiger partial charge in [-0.3, -0.25) is 0 Å². The van der Waals surface area contributed by atoms with Gasteiger partial charge < -0.3 is 0 Å². The van der Waals surface area contributed by atoms with Crippen molar-refractivity contribution in [3.8, 4) is 0 Å². The minimum absolute atomic E-state index is 0.0706. The van der Waals surface area contributed by atoms with Crippen LogP contribution >= 0.6 is 10.7 Å². The van der Waals surface area contributed by atoms with Crippen molar-refractivity contribution in [1.29, 1.82) is 0 Å². The Morgan fingerprint density at radius 1 is 1.43 bits per heavy atom. The predicted molar refractivity (Wildman–Crippen MR) is 49.0 cm³/mol. The minimum atomic E-state index is -3.54. The summed E-state index contributed by atoms with van der Waals surface area (Å²) < 4.78 is 47.3. The molecule has 0 heterocycles. The van der Waals surface area contributed by atoms with E-state index in [-0.39, 0.29) is 18.1 Å². The first-order valence-corrected chi connectivity index (χ1v) is 7.02. The molecule has 6 heteroatoms. The van der Waals surface area contributed by atoms with E-state index in [0.717, 1.165) is 0 Å². The number of hydrogen-bond acceptors (Lipinski definition) is 2. The smallest absolute Gasteiger partial charge is 0.212 e. The molecule has 0 amide bonds. The summed E-state index contributed by atoms with van der Waals surface area (Å²) in [5, 5.41) is 0. The first kappa shape index (κ1) is 10.6. The summed E-state index contributed by atoms with van der Waals surface area (Å²) in [7, 11) is 1.54. The molecule has 0 N–H and O–H groups in total. The zero-order valence-electron chi connectivity index (χ0n) is 7.47.